The van der Waals surface area contributed by atoms with Crippen LogP contribution < -0.4 is 9.64 Å². The molecule has 1 fully saturated rings. The van der Waals surface area contributed by atoms with Gasteiger partial charge in [0.1, 0.15) is 5.75 Å². The molecule has 0 aromatic heterocycles. The van der Waals surface area contributed by atoms with Gasteiger partial charge in [0.15, 0.2) is 0 Å². The lowest BCUT2D eigenvalue weighted by Gasteiger charge is -2.18. The molecule has 0 saturated carbocycles. The second-order valence-corrected chi connectivity index (χ2v) is 3.65. The zero-order valence-corrected chi connectivity index (χ0v) is 9.06. The Balaban J connectivity index is 2.41. The first-order valence-electron chi connectivity index (χ1n) is 5.15. The quantitative estimate of drug-likeness (QED) is 0.756. The first-order valence-corrected chi connectivity index (χ1v) is 5.15. The van der Waals surface area contributed by atoms with Gasteiger partial charge in [-0.2, -0.15) is 5.26 Å². The summed E-state index contributed by atoms with van der Waals surface area (Å²) in [6, 6.07) is 7.16. The number of methoxy groups -OCH3 is 1. The van der Waals surface area contributed by atoms with Crippen molar-refractivity contribution in [3.05, 3.63) is 23.8 Å². The highest BCUT2D eigenvalue weighted by Crippen LogP contribution is 2.31. The normalized spacial score (nSPS) is 15.0. The van der Waals surface area contributed by atoms with Crippen LogP contribution in [0.25, 0.3) is 0 Å². The minimum Gasteiger partial charge on any atom is -0.495 e. The molecule has 1 aliphatic rings. The van der Waals surface area contributed by atoms with Crippen molar-refractivity contribution in [1.29, 1.82) is 5.26 Å². The van der Waals surface area contributed by atoms with E-state index in [1.807, 2.05) is 6.07 Å². The average molecular weight is 216 g/mol. The van der Waals surface area contributed by atoms with Crippen LogP contribution in [0.4, 0.5) is 5.69 Å². The summed E-state index contributed by atoms with van der Waals surface area (Å²) in [5.41, 5.74) is 1.29. The topological polar surface area (TPSA) is 53.3 Å². The maximum Gasteiger partial charge on any atom is 0.227 e. The van der Waals surface area contributed by atoms with E-state index in [0.29, 0.717) is 17.7 Å². The van der Waals surface area contributed by atoms with Gasteiger partial charge >= 0.3 is 0 Å². The molecule has 1 aliphatic heterocycles. The fourth-order valence-electron chi connectivity index (χ4n) is 1.87. The highest BCUT2D eigenvalue weighted by molar-refractivity contribution is 5.96. The highest BCUT2D eigenvalue weighted by Gasteiger charge is 2.24. The fraction of sp³-hybridized carbons (Fsp3) is 0.333. The second-order valence-electron chi connectivity index (χ2n) is 3.65. The summed E-state index contributed by atoms with van der Waals surface area (Å²) in [6.45, 7) is 0.723. The van der Waals surface area contributed by atoms with Crippen LogP contribution in [0.1, 0.15) is 18.4 Å². The number of hydrogen-bond donors (Lipinski definition) is 0. The summed E-state index contributed by atoms with van der Waals surface area (Å²) in [5.74, 6) is 0.692. The number of ether oxygens (including phenoxy) is 1. The third kappa shape index (κ3) is 1.72. The van der Waals surface area contributed by atoms with E-state index in [-0.39, 0.29) is 5.91 Å². The first kappa shape index (κ1) is 10.5. The SMILES string of the molecule is COc1cc(C#N)ccc1N1CCCC1=O. The molecule has 1 aromatic carbocycles. The van der Waals surface area contributed by atoms with Crippen molar-refractivity contribution < 1.29 is 9.53 Å². The van der Waals surface area contributed by atoms with Crippen LogP contribution in [0.3, 0.4) is 0 Å². The van der Waals surface area contributed by atoms with Crippen molar-refractivity contribution in [3.8, 4) is 11.8 Å². The van der Waals surface area contributed by atoms with Crippen molar-refractivity contribution in [3.63, 3.8) is 0 Å². The zero-order valence-electron chi connectivity index (χ0n) is 9.06. The van der Waals surface area contributed by atoms with Gasteiger partial charge in [0, 0.05) is 19.0 Å². The Morgan fingerprint density at radius 1 is 1.50 bits per heavy atom. The Kier molecular flexibility index (Phi) is 2.78. The van der Waals surface area contributed by atoms with Gasteiger partial charge in [0.25, 0.3) is 0 Å². The molecule has 0 spiro atoms. The van der Waals surface area contributed by atoms with Gasteiger partial charge in [0.05, 0.1) is 24.4 Å². The Labute approximate surface area is 94.0 Å². The van der Waals surface area contributed by atoms with Crippen LogP contribution in [-0.4, -0.2) is 19.6 Å². The number of anilines is 1. The summed E-state index contributed by atoms with van der Waals surface area (Å²) in [4.78, 5) is 13.3. The number of benzene rings is 1. The van der Waals surface area contributed by atoms with E-state index < -0.39 is 0 Å². The molecule has 1 saturated heterocycles. The molecule has 16 heavy (non-hydrogen) atoms. The molecule has 2 rings (SSSR count). The van der Waals surface area contributed by atoms with Crippen molar-refractivity contribution in [2.24, 2.45) is 0 Å². The number of nitrogens with zero attached hydrogens (tertiary/aromatic N) is 2. The largest absolute Gasteiger partial charge is 0.495 e. The van der Waals surface area contributed by atoms with Crippen LogP contribution >= 0.6 is 0 Å². The molecule has 0 aliphatic carbocycles. The van der Waals surface area contributed by atoms with Crippen LogP contribution in [0.15, 0.2) is 18.2 Å². The lowest BCUT2D eigenvalue weighted by molar-refractivity contribution is -0.117. The molecular weight excluding hydrogens is 204 g/mol. The number of nitriles is 1. The zero-order chi connectivity index (χ0) is 11.5. The van der Waals surface area contributed by atoms with Gasteiger partial charge in [-0.3, -0.25) is 4.79 Å². The third-order valence-corrected chi connectivity index (χ3v) is 2.67. The van der Waals surface area contributed by atoms with Gasteiger partial charge in [-0.05, 0) is 18.6 Å². The molecule has 1 aromatic rings. The van der Waals surface area contributed by atoms with Crippen molar-refractivity contribution >= 4 is 11.6 Å². The molecule has 82 valence electrons. The Bertz CT molecular complexity index is 463. The van der Waals surface area contributed by atoms with Crippen LogP contribution in [-0.2, 0) is 4.79 Å². The predicted octanol–water partition coefficient (Wildman–Crippen LogP) is 1.69. The van der Waals surface area contributed by atoms with E-state index in [0.717, 1.165) is 18.7 Å². The van der Waals surface area contributed by atoms with Gasteiger partial charge in [0.2, 0.25) is 5.91 Å². The summed E-state index contributed by atoms with van der Waals surface area (Å²) in [5, 5.41) is 8.78. The van der Waals surface area contributed by atoms with Crippen LogP contribution in [0.5, 0.6) is 5.75 Å². The standard InChI is InChI=1S/C12H12N2O2/c1-16-11-7-9(8-13)4-5-10(11)14-6-2-3-12(14)15/h4-5,7H,2-3,6H2,1H3. The molecule has 0 bridgehead atoms. The van der Waals surface area contributed by atoms with Crippen molar-refractivity contribution in [2.75, 3.05) is 18.6 Å². The molecule has 0 N–H and O–H groups in total. The minimum atomic E-state index is 0.114. The molecule has 1 heterocycles. The summed E-state index contributed by atoms with van der Waals surface area (Å²) < 4.78 is 5.20. The molecular formula is C12H12N2O2. The van der Waals surface area contributed by atoms with E-state index in [4.69, 9.17) is 10.00 Å². The molecule has 4 nitrogen and oxygen atoms in total. The molecule has 0 unspecified atom stereocenters. The molecule has 0 radical (unpaired) electrons. The number of carbonyl (C=O) groups excluding carboxylic acids is 1. The fourth-order valence-corrected chi connectivity index (χ4v) is 1.87. The van der Waals surface area contributed by atoms with Crippen molar-refractivity contribution in [2.45, 2.75) is 12.8 Å². The Morgan fingerprint density at radius 3 is 2.88 bits per heavy atom. The number of rotatable bonds is 2. The smallest absolute Gasteiger partial charge is 0.227 e. The van der Waals surface area contributed by atoms with E-state index in [9.17, 15) is 4.79 Å². The van der Waals surface area contributed by atoms with Gasteiger partial charge in [-0.25, -0.2) is 0 Å². The highest BCUT2D eigenvalue weighted by atomic mass is 16.5. The molecule has 1 amide bonds. The van der Waals surface area contributed by atoms with Gasteiger partial charge in [-0.15, -0.1) is 0 Å². The Morgan fingerprint density at radius 2 is 2.31 bits per heavy atom. The number of amides is 1. The number of carbonyl (C=O) groups is 1. The van der Waals surface area contributed by atoms with E-state index in [1.54, 1.807) is 30.2 Å². The molecule has 4 heteroatoms. The average Bonchev–Trinajstić information content (AvgIpc) is 2.74. The first-order chi connectivity index (χ1) is 7.76. The van der Waals surface area contributed by atoms with Crippen molar-refractivity contribution in [1.82, 2.24) is 0 Å². The van der Waals surface area contributed by atoms with Gasteiger partial charge in [-0.1, -0.05) is 0 Å². The summed E-state index contributed by atoms with van der Waals surface area (Å²) >= 11 is 0. The lowest BCUT2D eigenvalue weighted by atomic mass is 10.2. The Hall–Kier alpha value is -2.02. The van der Waals surface area contributed by atoms with Crippen LogP contribution in [0.2, 0.25) is 0 Å². The summed E-state index contributed by atoms with van der Waals surface area (Å²) in [6.07, 6.45) is 1.46. The van der Waals surface area contributed by atoms with E-state index in [1.165, 1.54) is 0 Å². The summed E-state index contributed by atoms with van der Waals surface area (Å²) in [7, 11) is 1.54. The second kappa shape index (κ2) is 4.23. The lowest BCUT2D eigenvalue weighted by Crippen LogP contribution is -2.24. The van der Waals surface area contributed by atoms with E-state index in [2.05, 4.69) is 0 Å². The predicted molar refractivity (Wildman–Crippen MR) is 59.3 cm³/mol. The maximum absolute atomic E-state index is 11.6. The number of hydrogen-bond acceptors (Lipinski definition) is 3. The van der Waals surface area contributed by atoms with Gasteiger partial charge < -0.3 is 9.64 Å². The van der Waals surface area contributed by atoms with E-state index >= 15 is 0 Å². The molecule has 0 atom stereocenters. The monoisotopic (exact) mass is 216 g/mol. The van der Waals surface area contributed by atoms with Crippen LogP contribution in [0, 0.1) is 11.3 Å². The minimum absolute atomic E-state index is 0.114. The maximum atomic E-state index is 11.6. The third-order valence-electron chi connectivity index (χ3n) is 2.67.